The molecule has 88 valence electrons. The molecular weight excluding hydrogens is 194 g/mol. The van der Waals surface area contributed by atoms with E-state index in [0.717, 1.165) is 18.9 Å². The predicted octanol–water partition coefficient (Wildman–Crippen LogP) is 0.992. The summed E-state index contributed by atoms with van der Waals surface area (Å²) in [5.41, 5.74) is 0. The van der Waals surface area contributed by atoms with Crippen LogP contribution in [-0.2, 0) is 4.79 Å². The van der Waals surface area contributed by atoms with E-state index in [1.807, 2.05) is 0 Å². The molecule has 0 heterocycles. The molecule has 15 heavy (non-hydrogen) atoms. The third-order valence-electron chi connectivity index (χ3n) is 2.99. The van der Waals surface area contributed by atoms with Gasteiger partial charge in [0.1, 0.15) is 0 Å². The predicted molar refractivity (Wildman–Crippen MR) is 57.7 cm³/mol. The van der Waals surface area contributed by atoms with Crippen molar-refractivity contribution in [1.29, 1.82) is 0 Å². The van der Waals surface area contributed by atoms with Crippen molar-refractivity contribution in [2.24, 2.45) is 5.92 Å². The fourth-order valence-electron chi connectivity index (χ4n) is 2.15. The third-order valence-corrected chi connectivity index (χ3v) is 2.99. The molecule has 1 saturated carbocycles. The summed E-state index contributed by atoms with van der Waals surface area (Å²) in [6.45, 7) is 1.28. The van der Waals surface area contributed by atoms with Crippen LogP contribution in [0.1, 0.15) is 38.5 Å². The van der Waals surface area contributed by atoms with Gasteiger partial charge in [-0.3, -0.25) is 4.79 Å². The molecule has 0 aliphatic heterocycles. The Morgan fingerprint density at radius 3 is 2.67 bits per heavy atom. The summed E-state index contributed by atoms with van der Waals surface area (Å²) >= 11 is 0. The van der Waals surface area contributed by atoms with Gasteiger partial charge in [-0.15, -0.1) is 0 Å². The Labute approximate surface area is 90.7 Å². The third kappa shape index (κ3) is 5.74. The number of aliphatic carboxylic acids is 1. The molecule has 0 aromatic heterocycles. The Balaban J connectivity index is 1.93. The van der Waals surface area contributed by atoms with Gasteiger partial charge in [-0.25, -0.2) is 0 Å². The molecule has 0 aromatic rings. The summed E-state index contributed by atoms with van der Waals surface area (Å²) in [5.74, 6) is -0.103. The van der Waals surface area contributed by atoms with Gasteiger partial charge in [0.15, 0.2) is 0 Å². The normalized spacial score (nSPS) is 19.3. The van der Waals surface area contributed by atoms with Crippen molar-refractivity contribution in [2.75, 3.05) is 13.1 Å². The molecule has 0 bridgehead atoms. The van der Waals surface area contributed by atoms with Gasteiger partial charge in [-0.1, -0.05) is 25.7 Å². The van der Waals surface area contributed by atoms with Crippen molar-refractivity contribution in [2.45, 2.75) is 44.6 Å². The maximum atomic E-state index is 10.3. The summed E-state index contributed by atoms with van der Waals surface area (Å²) < 4.78 is 0. The molecule has 1 rings (SSSR count). The van der Waals surface area contributed by atoms with Gasteiger partial charge in [-0.2, -0.15) is 0 Å². The van der Waals surface area contributed by atoms with E-state index in [-0.39, 0.29) is 6.42 Å². The molecular formula is C11H21NO3. The van der Waals surface area contributed by atoms with Crippen molar-refractivity contribution >= 4 is 5.97 Å². The van der Waals surface area contributed by atoms with Gasteiger partial charge in [0.25, 0.3) is 0 Å². The molecule has 1 aliphatic carbocycles. The lowest BCUT2D eigenvalue weighted by Gasteiger charge is -2.12. The van der Waals surface area contributed by atoms with Crippen LogP contribution in [0.3, 0.4) is 0 Å². The molecule has 1 fully saturated rings. The quantitative estimate of drug-likeness (QED) is 0.554. The lowest BCUT2D eigenvalue weighted by molar-refractivity contribution is -0.139. The van der Waals surface area contributed by atoms with E-state index in [2.05, 4.69) is 5.32 Å². The average Bonchev–Trinajstić information content (AvgIpc) is 2.63. The average molecular weight is 215 g/mol. The maximum Gasteiger partial charge on any atom is 0.306 e. The summed E-state index contributed by atoms with van der Waals surface area (Å²) in [6, 6.07) is 0. The fourth-order valence-corrected chi connectivity index (χ4v) is 2.15. The molecule has 0 aromatic carbocycles. The SMILES string of the molecule is O=C(O)CC(O)CNCCC1CCCC1. The Morgan fingerprint density at radius 1 is 1.40 bits per heavy atom. The van der Waals surface area contributed by atoms with Crippen LogP contribution in [-0.4, -0.2) is 35.4 Å². The van der Waals surface area contributed by atoms with Crippen LogP contribution >= 0.6 is 0 Å². The molecule has 0 radical (unpaired) electrons. The minimum atomic E-state index is -0.944. The van der Waals surface area contributed by atoms with E-state index < -0.39 is 12.1 Å². The van der Waals surface area contributed by atoms with Crippen molar-refractivity contribution < 1.29 is 15.0 Å². The van der Waals surface area contributed by atoms with Crippen LogP contribution in [0.4, 0.5) is 0 Å². The van der Waals surface area contributed by atoms with Crippen LogP contribution in [0.2, 0.25) is 0 Å². The van der Waals surface area contributed by atoms with E-state index >= 15 is 0 Å². The Kier molecular flexibility index (Phi) is 5.65. The molecule has 0 amide bonds. The summed E-state index contributed by atoms with van der Waals surface area (Å²) in [6.07, 6.45) is 5.60. The second kappa shape index (κ2) is 6.80. The molecule has 3 N–H and O–H groups in total. The standard InChI is InChI=1S/C11H21NO3/c13-10(7-11(14)15)8-12-6-5-9-3-1-2-4-9/h9-10,12-13H,1-8H2,(H,14,15). The number of carbonyl (C=O) groups is 1. The van der Waals surface area contributed by atoms with Gasteiger partial charge in [0.05, 0.1) is 12.5 Å². The van der Waals surface area contributed by atoms with E-state index in [0.29, 0.717) is 6.54 Å². The molecule has 1 unspecified atom stereocenters. The fraction of sp³-hybridized carbons (Fsp3) is 0.909. The summed E-state index contributed by atoms with van der Waals surface area (Å²) in [7, 11) is 0. The summed E-state index contributed by atoms with van der Waals surface area (Å²) in [5, 5.41) is 20.8. The lowest BCUT2D eigenvalue weighted by Crippen LogP contribution is -2.29. The largest absolute Gasteiger partial charge is 0.481 e. The van der Waals surface area contributed by atoms with Gasteiger partial charge in [-0.05, 0) is 18.9 Å². The second-order valence-electron chi connectivity index (χ2n) is 4.39. The zero-order valence-electron chi connectivity index (χ0n) is 9.11. The van der Waals surface area contributed by atoms with Crippen molar-refractivity contribution in [3.05, 3.63) is 0 Å². The number of rotatable bonds is 7. The number of aliphatic hydroxyl groups excluding tert-OH is 1. The molecule has 1 atom stereocenters. The number of carboxylic acid groups (broad SMARTS) is 1. The highest BCUT2D eigenvalue weighted by molar-refractivity contribution is 5.67. The minimum absolute atomic E-state index is 0.170. The Hall–Kier alpha value is -0.610. The smallest absolute Gasteiger partial charge is 0.306 e. The Morgan fingerprint density at radius 2 is 2.07 bits per heavy atom. The molecule has 0 spiro atoms. The zero-order valence-corrected chi connectivity index (χ0v) is 9.11. The van der Waals surface area contributed by atoms with Gasteiger partial charge in [0, 0.05) is 6.54 Å². The van der Waals surface area contributed by atoms with E-state index in [9.17, 15) is 9.90 Å². The van der Waals surface area contributed by atoms with E-state index in [1.165, 1.54) is 25.7 Å². The van der Waals surface area contributed by atoms with Crippen molar-refractivity contribution in [3.63, 3.8) is 0 Å². The monoisotopic (exact) mass is 215 g/mol. The van der Waals surface area contributed by atoms with Crippen LogP contribution < -0.4 is 5.32 Å². The molecule has 4 nitrogen and oxygen atoms in total. The number of hydrogen-bond donors (Lipinski definition) is 3. The topological polar surface area (TPSA) is 69.6 Å². The number of hydrogen-bond acceptors (Lipinski definition) is 3. The second-order valence-corrected chi connectivity index (χ2v) is 4.39. The first-order valence-corrected chi connectivity index (χ1v) is 5.79. The zero-order chi connectivity index (χ0) is 11.1. The summed E-state index contributed by atoms with van der Waals surface area (Å²) in [4.78, 5) is 10.3. The van der Waals surface area contributed by atoms with Crippen molar-refractivity contribution in [3.8, 4) is 0 Å². The highest BCUT2D eigenvalue weighted by Crippen LogP contribution is 2.26. The van der Waals surface area contributed by atoms with Crippen LogP contribution in [0.25, 0.3) is 0 Å². The first kappa shape index (κ1) is 12.5. The number of carboxylic acids is 1. The van der Waals surface area contributed by atoms with E-state index in [1.54, 1.807) is 0 Å². The Bertz CT molecular complexity index is 190. The van der Waals surface area contributed by atoms with Gasteiger partial charge in [0.2, 0.25) is 0 Å². The maximum absolute atomic E-state index is 10.3. The highest BCUT2D eigenvalue weighted by Gasteiger charge is 2.14. The van der Waals surface area contributed by atoms with Crippen molar-refractivity contribution in [1.82, 2.24) is 5.32 Å². The van der Waals surface area contributed by atoms with Gasteiger partial charge >= 0.3 is 5.97 Å². The van der Waals surface area contributed by atoms with E-state index in [4.69, 9.17) is 5.11 Å². The first-order chi connectivity index (χ1) is 7.18. The molecule has 0 saturated heterocycles. The number of nitrogens with one attached hydrogen (secondary N) is 1. The lowest BCUT2D eigenvalue weighted by atomic mass is 10.0. The van der Waals surface area contributed by atoms with Crippen LogP contribution in [0.5, 0.6) is 0 Å². The molecule has 4 heteroatoms. The van der Waals surface area contributed by atoms with Crippen LogP contribution in [0.15, 0.2) is 0 Å². The first-order valence-electron chi connectivity index (χ1n) is 5.79. The van der Waals surface area contributed by atoms with Crippen LogP contribution in [0, 0.1) is 5.92 Å². The highest BCUT2D eigenvalue weighted by atomic mass is 16.4. The van der Waals surface area contributed by atoms with Gasteiger partial charge < -0.3 is 15.5 Å². The number of aliphatic hydroxyl groups is 1. The minimum Gasteiger partial charge on any atom is -0.481 e. The molecule has 1 aliphatic rings.